The van der Waals surface area contributed by atoms with Gasteiger partial charge in [-0.3, -0.25) is 9.69 Å². The van der Waals surface area contributed by atoms with Gasteiger partial charge in [0, 0.05) is 18.1 Å². The van der Waals surface area contributed by atoms with Gasteiger partial charge < -0.3 is 9.84 Å². The summed E-state index contributed by atoms with van der Waals surface area (Å²) in [5.41, 5.74) is 3.35. The van der Waals surface area contributed by atoms with Crippen LogP contribution >= 0.6 is 11.6 Å². The quantitative estimate of drug-likeness (QED) is 0.812. The van der Waals surface area contributed by atoms with Crippen molar-refractivity contribution in [3.63, 3.8) is 0 Å². The van der Waals surface area contributed by atoms with E-state index in [4.69, 9.17) is 21.4 Å². The number of likely N-dealkylation sites (tertiary alicyclic amines) is 1. The van der Waals surface area contributed by atoms with Crippen molar-refractivity contribution in [1.82, 2.24) is 4.90 Å². The highest BCUT2D eigenvalue weighted by atomic mass is 35.5. The molecule has 3 rings (SSSR count). The van der Waals surface area contributed by atoms with E-state index in [-0.39, 0.29) is 6.10 Å². The number of halogens is 1. The lowest BCUT2D eigenvalue weighted by atomic mass is 10.00. The molecular formula is C21H24ClNO3. The van der Waals surface area contributed by atoms with E-state index >= 15 is 0 Å². The Morgan fingerprint density at radius 1 is 1.23 bits per heavy atom. The van der Waals surface area contributed by atoms with Gasteiger partial charge in [-0.05, 0) is 48.6 Å². The van der Waals surface area contributed by atoms with Crippen molar-refractivity contribution in [1.29, 1.82) is 0 Å². The summed E-state index contributed by atoms with van der Waals surface area (Å²) in [6, 6.07) is 15.6. The molecule has 1 unspecified atom stereocenters. The smallest absolute Gasteiger partial charge is 0.320 e. The van der Waals surface area contributed by atoms with Crippen LogP contribution in [-0.2, 0) is 16.1 Å². The number of carbonyl (C=O) groups is 1. The molecule has 0 radical (unpaired) electrons. The number of nitrogens with zero attached hydrogens (tertiary/aromatic N) is 1. The first kappa shape index (κ1) is 18.9. The summed E-state index contributed by atoms with van der Waals surface area (Å²) < 4.78 is 6.14. The average Bonchev–Trinajstić information content (AvgIpc) is 2.66. The van der Waals surface area contributed by atoms with Crippen molar-refractivity contribution >= 4 is 17.6 Å². The predicted molar refractivity (Wildman–Crippen MR) is 103 cm³/mol. The van der Waals surface area contributed by atoms with Crippen molar-refractivity contribution < 1.29 is 14.6 Å². The molecule has 1 fully saturated rings. The van der Waals surface area contributed by atoms with E-state index in [0.29, 0.717) is 6.61 Å². The zero-order chi connectivity index (χ0) is 18.5. The fourth-order valence-corrected chi connectivity index (χ4v) is 3.57. The van der Waals surface area contributed by atoms with Gasteiger partial charge in [0.25, 0.3) is 0 Å². The Balaban J connectivity index is 1.60. The van der Waals surface area contributed by atoms with Gasteiger partial charge in [-0.15, -0.1) is 0 Å². The molecule has 1 aliphatic heterocycles. The minimum Gasteiger partial charge on any atom is -0.480 e. The Morgan fingerprint density at radius 3 is 2.65 bits per heavy atom. The molecule has 5 heteroatoms. The maximum Gasteiger partial charge on any atom is 0.320 e. The number of carboxylic acid groups (broad SMARTS) is 1. The highest BCUT2D eigenvalue weighted by Crippen LogP contribution is 2.27. The van der Waals surface area contributed by atoms with Gasteiger partial charge in [0.1, 0.15) is 6.04 Å². The van der Waals surface area contributed by atoms with Crippen LogP contribution < -0.4 is 0 Å². The van der Waals surface area contributed by atoms with Crippen molar-refractivity contribution in [3.05, 3.63) is 59.1 Å². The fraction of sp³-hybridized carbons (Fsp3) is 0.381. The summed E-state index contributed by atoms with van der Waals surface area (Å²) >= 11 is 6.13. The van der Waals surface area contributed by atoms with E-state index in [9.17, 15) is 4.79 Å². The number of aliphatic carboxylic acids is 1. The van der Waals surface area contributed by atoms with Gasteiger partial charge >= 0.3 is 5.97 Å². The summed E-state index contributed by atoms with van der Waals surface area (Å²) in [7, 11) is 0. The normalized spacial score (nSPS) is 17.2. The maximum absolute atomic E-state index is 11.1. The monoisotopic (exact) mass is 373 g/mol. The lowest BCUT2D eigenvalue weighted by Gasteiger charge is -2.34. The molecule has 1 saturated heterocycles. The van der Waals surface area contributed by atoms with Crippen molar-refractivity contribution in [2.45, 2.75) is 38.5 Å². The van der Waals surface area contributed by atoms with Crippen LogP contribution in [0.25, 0.3) is 11.1 Å². The molecule has 0 aromatic heterocycles. The third kappa shape index (κ3) is 4.64. The molecule has 0 spiro atoms. The number of ether oxygens (including phenoxy) is 1. The zero-order valence-electron chi connectivity index (χ0n) is 14.9. The van der Waals surface area contributed by atoms with Gasteiger partial charge in [-0.1, -0.05) is 48.0 Å². The first-order valence-corrected chi connectivity index (χ1v) is 9.34. The minimum absolute atomic E-state index is 0.166. The molecule has 4 nitrogen and oxygen atoms in total. The summed E-state index contributed by atoms with van der Waals surface area (Å²) in [5, 5.41) is 9.85. The predicted octanol–water partition coefficient (Wildman–Crippen LogP) is 4.46. The van der Waals surface area contributed by atoms with Crippen LogP contribution in [0.4, 0.5) is 0 Å². The molecule has 1 atom stereocenters. The number of carboxylic acids is 1. The zero-order valence-corrected chi connectivity index (χ0v) is 15.7. The van der Waals surface area contributed by atoms with E-state index in [2.05, 4.69) is 18.2 Å². The van der Waals surface area contributed by atoms with Crippen LogP contribution in [0.1, 0.15) is 25.3 Å². The standard InChI is InChI=1S/C21H24ClNO3/c1-15(21(24)25)23-11-9-19(10-12-23)26-14-17-5-2-3-8-20(17)16-6-4-7-18(22)13-16/h2-8,13,15,19H,9-12,14H2,1H3,(H,24,25). The Bertz CT molecular complexity index is 756. The first-order valence-electron chi connectivity index (χ1n) is 8.97. The van der Waals surface area contributed by atoms with Gasteiger partial charge in [0.2, 0.25) is 0 Å². The van der Waals surface area contributed by atoms with Gasteiger partial charge in [-0.2, -0.15) is 0 Å². The average molecular weight is 374 g/mol. The highest BCUT2D eigenvalue weighted by molar-refractivity contribution is 6.30. The third-order valence-corrected chi connectivity index (χ3v) is 5.24. The topological polar surface area (TPSA) is 49.8 Å². The van der Waals surface area contributed by atoms with Crippen molar-refractivity contribution in [3.8, 4) is 11.1 Å². The van der Waals surface area contributed by atoms with Crippen LogP contribution in [0.5, 0.6) is 0 Å². The van der Waals surface area contributed by atoms with Crippen LogP contribution in [-0.4, -0.2) is 41.2 Å². The SMILES string of the molecule is CC(C(=O)O)N1CCC(OCc2ccccc2-c2cccc(Cl)c2)CC1. The number of piperidine rings is 1. The molecule has 2 aromatic rings. The summed E-state index contributed by atoms with van der Waals surface area (Å²) in [5.74, 6) is -0.764. The summed E-state index contributed by atoms with van der Waals surface area (Å²) in [6.07, 6.45) is 1.88. The molecule has 0 aliphatic carbocycles. The lowest BCUT2D eigenvalue weighted by Crippen LogP contribution is -2.45. The second-order valence-electron chi connectivity index (χ2n) is 6.73. The summed E-state index contributed by atoms with van der Waals surface area (Å²) in [4.78, 5) is 13.1. The third-order valence-electron chi connectivity index (χ3n) is 5.01. The molecule has 1 heterocycles. The molecule has 26 heavy (non-hydrogen) atoms. The van der Waals surface area contributed by atoms with E-state index in [1.54, 1.807) is 6.92 Å². The Hall–Kier alpha value is -1.88. The van der Waals surface area contributed by atoms with E-state index < -0.39 is 12.0 Å². The molecule has 0 bridgehead atoms. The molecule has 1 aliphatic rings. The Kier molecular flexibility index (Phi) is 6.30. The van der Waals surface area contributed by atoms with Crippen LogP contribution in [0.15, 0.2) is 48.5 Å². The first-order chi connectivity index (χ1) is 12.5. The molecular weight excluding hydrogens is 350 g/mol. The fourth-order valence-electron chi connectivity index (χ4n) is 3.38. The number of rotatable bonds is 6. The second-order valence-corrected chi connectivity index (χ2v) is 7.16. The molecule has 0 saturated carbocycles. The van der Waals surface area contributed by atoms with Gasteiger partial charge in [-0.25, -0.2) is 0 Å². The van der Waals surface area contributed by atoms with E-state index in [0.717, 1.165) is 47.6 Å². The molecule has 1 N–H and O–H groups in total. The second kappa shape index (κ2) is 8.67. The van der Waals surface area contributed by atoms with Crippen molar-refractivity contribution in [2.24, 2.45) is 0 Å². The minimum atomic E-state index is -0.764. The van der Waals surface area contributed by atoms with Crippen LogP contribution in [0.3, 0.4) is 0 Å². The highest BCUT2D eigenvalue weighted by Gasteiger charge is 2.26. The lowest BCUT2D eigenvalue weighted by molar-refractivity contribution is -0.143. The Labute approximate surface area is 159 Å². The summed E-state index contributed by atoms with van der Waals surface area (Å²) in [6.45, 7) is 3.80. The van der Waals surface area contributed by atoms with E-state index in [1.165, 1.54) is 0 Å². The van der Waals surface area contributed by atoms with Gasteiger partial charge in [0.05, 0.1) is 12.7 Å². The number of hydrogen-bond acceptors (Lipinski definition) is 3. The van der Waals surface area contributed by atoms with Crippen molar-refractivity contribution in [2.75, 3.05) is 13.1 Å². The van der Waals surface area contributed by atoms with E-state index in [1.807, 2.05) is 35.2 Å². The maximum atomic E-state index is 11.1. The van der Waals surface area contributed by atoms with Gasteiger partial charge in [0.15, 0.2) is 0 Å². The van der Waals surface area contributed by atoms with Crippen LogP contribution in [0, 0.1) is 0 Å². The number of hydrogen-bond donors (Lipinski definition) is 1. The van der Waals surface area contributed by atoms with Crippen LogP contribution in [0.2, 0.25) is 5.02 Å². The molecule has 2 aromatic carbocycles. The molecule has 138 valence electrons. The Morgan fingerprint density at radius 2 is 1.96 bits per heavy atom. The largest absolute Gasteiger partial charge is 0.480 e. The number of benzene rings is 2. The molecule has 0 amide bonds.